The number of aromatic nitrogens is 1. The minimum Gasteiger partial charge on any atom is -0.395 e. The highest BCUT2D eigenvalue weighted by Crippen LogP contribution is 2.33. The number of benzene rings is 2. The van der Waals surface area contributed by atoms with Gasteiger partial charge >= 0.3 is 5.88 Å². The molecule has 0 N–H and O–H groups in total. The van der Waals surface area contributed by atoms with Gasteiger partial charge in [-0.15, -0.1) is 0 Å². The average molecular weight is 407 g/mol. The Morgan fingerprint density at radius 3 is 2.59 bits per heavy atom. The summed E-state index contributed by atoms with van der Waals surface area (Å²) in [5.41, 5.74) is 3.94. The lowest BCUT2D eigenvalue weighted by Crippen LogP contribution is -2.30. The van der Waals surface area contributed by atoms with Crippen LogP contribution in [0.3, 0.4) is 0 Å². The summed E-state index contributed by atoms with van der Waals surface area (Å²) in [4.78, 5) is 29.7. The molecule has 8 heteroatoms. The van der Waals surface area contributed by atoms with Gasteiger partial charge in [0, 0.05) is 0 Å². The van der Waals surface area contributed by atoms with Crippen LogP contribution in [0.5, 0.6) is 0 Å². The van der Waals surface area contributed by atoms with E-state index in [2.05, 4.69) is 0 Å². The van der Waals surface area contributed by atoms with Gasteiger partial charge in [-0.25, -0.2) is 4.98 Å². The molecule has 0 aliphatic rings. The maximum absolute atomic E-state index is 13.2. The number of thiazole rings is 1. The molecule has 0 aliphatic carbocycles. The summed E-state index contributed by atoms with van der Waals surface area (Å²) in [6.07, 6.45) is 0. The van der Waals surface area contributed by atoms with Crippen molar-refractivity contribution in [3.05, 3.63) is 87.2 Å². The van der Waals surface area contributed by atoms with Crippen LogP contribution in [0.2, 0.25) is 0 Å². The van der Waals surface area contributed by atoms with E-state index < -0.39 is 16.7 Å². The van der Waals surface area contributed by atoms with Gasteiger partial charge in [0.25, 0.3) is 5.91 Å². The Kier molecular flexibility index (Phi) is 4.85. The van der Waals surface area contributed by atoms with Crippen LogP contribution in [0.1, 0.15) is 27.2 Å². The molecule has 0 bridgehead atoms. The van der Waals surface area contributed by atoms with Crippen LogP contribution in [-0.2, 0) is 6.54 Å². The first-order valence-corrected chi connectivity index (χ1v) is 9.72. The molecule has 0 saturated carbocycles. The Morgan fingerprint density at radius 2 is 1.90 bits per heavy atom. The molecule has 2 aromatic carbocycles. The monoisotopic (exact) mass is 407 g/mol. The molecule has 0 unspecified atom stereocenters. The number of rotatable bonds is 5. The number of amides is 1. The molecule has 4 aromatic rings. The van der Waals surface area contributed by atoms with Crippen LogP contribution < -0.4 is 4.90 Å². The molecule has 0 fully saturated rings. The quantitative estimate of drug-likeness (QED) is 0.332. The van der Waals surface area contributed by atoms with E-state index in [0.717, 1.165) is 26.9 Å². The topological polar surface area (TPSA) is 89.5 Å². The van der Waals surface area contributed by atoms with E-state index in [4.69, 9.17) is 9.40 Å². The molecule has 1 amide bonds. The van der Waals surface area contributed by atoms with Crippen molar-refractivity contribution in [2.24, 2.45) is 0 Å². The molecular formula is C21H17N3O4S. The van der Waals surface area contributed by atoms with Crippen molar-refractivity contribution >= 4 is 38.5 Å². The fraction of sp³-hybridized carbons (Fsp3) is 0.143. The Bertz CT molecular complexity index is 1210. The van der Waals surface area contributed by atoms with E-state index in [0.29, 0.717) is 5.13 Å². The standard InChI is InChI=1S/C21H17N3O4S/c1-13-8-10-17-19(14(13)2)22-21(29-17)23(12-15-6-4-3-5-7-15)20(25)16-9-11-18(28-16)24(26)27/h3-11H,12H2,1-2H3. The van der Waals surface area contributed by atoms with Crippen molar-refractivity contribution in [1.29, 1.82) is 0 Å². The van der Waals surface area contributed by atoms with Gasteiger partial charge in [0.2, 0.25) is 0 Å². The van der Waals surface area contributed by atoms with E-state index >= 15 is 0 Å². The van der Waals surface area contributed by atoms with Gasteiger partial charge in [0.05, 0.1) is 22.8 Å². The minimum atomic E-state index is -0.665. The van der Waals surface area contributed by atoms with Gasteiger partial charge in [0.1, 0.15) is 4.92 Å². The van der Waals surface area contributed by atoms with Gasteiger partial charge in [0.15, 0.2) is 10.9 Å². The van der Waals surface area contributed by atoms with Crippen molar-refractivity contribution in [3.8, 4) is 0 Å². The zero-order valence-corrected chi connectivity index (χ0v) is 16.6. The van der Waals surface area contributed by atoms with E-state index in [1.54, 1.807) is 0 Å². The van der Waals surface area contributed by atoms with Crippen LogP contribution >= 0.6 is 11.3 Å². The summed E-state index contributed by atoms with van der Waals surface area (Å²) >= 11 is 1.40. The first-order chi connectivity index (χ1) is 13.9. The van der Waals surface area contributed by atoms with Gasteiger partial charge in [-0.1, -0.05) is 47.7 Å². The number of aryl methyl sites for hydroxylation is 2. The predicted octanol–water partition coefficient (Wildman–Crippen LogP) is 5.26. The van der Waals surface area contributed by atoms with Gasteiger partial charge in [-0.3, -0.25) is 19.8 Å². The summed E-state index contributed by atoms with van der Waals surface area (Å²) in [5.74, 6) is -1.04. The normalized spacial score (nSPS) is 11.0. The molecule has 0 saturated heterocycles. The van der Waals surface area contributed by atoms with Crippen LogP contribution in [-0.4, -0.2) is 15.8 Å². The highest BCUT2D eigenvalue weighted by Gasteiger charge is 2.26. The molecule has 0 atom stereocenters. The number of carbonyl (C=O) groups is 1. The van der Waals surface area contributed by atoms with Crippen molar-refractivity contribution in [1.82, 2.24) is 4.98 Å². The fourth-order valence-electron chi connectivity index (χ4n) is 3.00. The molecule has 0 spiro atoms. The molecule has 2 heterocycles. The highest BCUT2D eigenvalue weighted by molar-refractivity contribution is 7.22. The number of hydrogen-bond acceptors (Lipinski definition) is 6. The Morgan fingerprint density at radius 1 is 1.14 bits per heavy atom. The number of anilines is 1. The third-order valence-electron chi connectivity index (χ3n) is 4.72. The molecule has 4 rings (SSSR count). The van der Waals surface area contributed by atoms with Crippen molar-refractivity contribution < 1.29 is 14.1 Å². The molecule has 0 radical (unpaired) electrons. The van der Waals surface area contributed by atoms with E-state index in [1.807, 2.05) is 56.3 Å². The fourth-order valence-corrected chi connectivity index (χ4v) is 4.02. The molecular weight excluding hydrogens is 390 g/mol. The number of hydrogen-bond donors (Lipinski definition) is 0. The Labute approximate surface area is 170 Å². The number of nitro groups is 1. The second-order valence-corrected chi connectivity index (χ2v) is 7.63. The summed E-state index contributed by atoms with van der Waals surface area (Å²) in [6, 6.07) is 16.0. The zero-order chi connectivity index (χ0) is 20.5. The number of furan rings is 1. The van der Waals surface area contributed by atoms with Crippen molar-refractivity contribution in [3.63, 3.8) is 0 Å². The molecule has 29 heavy (non-hydrogen) atoms. The summed E-state index contributed by atoms with van der Waals surface area (Å²) < 4.78 is 6.12. The maximum Gasteiger partial charge on any atom is 0.433 e. The van der Waals surface area contributed by atoms with Crippen LogP contribution in [0, 0.1) is 24.0 Å². The number of nitrogens with zero attached hydrogens (tertiary/aromatic N) is 3. The molecule has 0 aliphatic heterocycles. The van der Waals surface area contributed by atoms with Crippen molar-refractivity contribution in [2.75, 3.05) is 4.90 Å². The summed E-state index contributed by atoms with van der Waals surface area (Å²) in [5, 5.41) is 11.4. The average Bonchev–Trinajstić information content (AvgIpc) is 3.37. The number of carbonyl (C=O) groups excluding carboxylic acids is 1. The Balaban J connectivity index is 1.78. The highest BCUT2D eigenvalue weighted by atomic mass is 32.1. The van der Waals surface area contributed by atoms with Gasteiger partial charge < -0.3 is 4.42 Å². The zero-order valence-electron chi connectivity index (χ0n) is 15.8. The maximum atomic E-state index is 13.2. The minimum absolute atomic E-state index is 0.0974. The second kappa shape index (κ2) is 7.48. The van der Waals surface area contributed by atoms with Gasteiger partial charge in [-0.2, -0.15) is 0 Å². The molecule has 2 aromatic heterocycles. The van der Waals surface area contributed by atoms with Gasteiger partial charge in [-0.05, 0) is 42.7 Å². The first kappa shape index (κ1) is 18.8. The van der Waals surface area contributed by atoms with E-state index in [-0.39, 0.29) is 12.3 Å². The third-order valence-corrected chi connectivity index (χ3v) is 5.76. The Hall–Kier alpha value is -3.52. The SMILES string of the molecule is Cc1ccc2sc(N(Cc3ccccc3)C(=O)c3ccc([N+](=O)[O-])o3)nc2c1C. The van der Waals surface area contributed by atoms with Crippen LogP contribution in [0.25, 0.3) is 10.2 Å². The third kappa shape index (κ3) is 3.62. The molecule has 7 nitrogen and oxygen atoms in total. The van der Waals surface area contributed by atoms with E-state index in [1.165, 1.54) is 28.4 Å². The van der Waals surface area contributed by atoms with E-state index in [9.17, 15) is 14.9 Å². The smallest absolute Gasteiger partial charge is 0.395 e. The first-order valence-electron chi connectivity index (χ1n) is 8.91. The molecule has 146 valence electrons. The number of fused-ring (bicyclic) bond motifs is 1. The largest absolute Gasteiger partial charge is 0.433 e. The lowest BCUT2D eigenvalue weighted by Gasteiger charge is -2.18. The van der Waals surface area contributed by atoms with Crippen LogP contribution in [0.4, 0.5) is 11.0 Å². The van der Waals surface area contributed by atoms with Crippen molar-refractivity contribution in [2.45, 2.75) is 20.4 Å². The lowest BCUT2D eigenvalue weighted by atomic mass is 10.1. The van der Waals surface area contributed by atoms with Crippen LogP contribution in [0.15, 0.2) is 59.0 Å². The lowest BCUT2D eigenvalue weighted by molar-refractivity contribution is -0.402. The summed E-state index contributed by atoms with van der Waals surface area (Å²) in [7, 11) is 0. The second-order valence-electron chi connectivity index (χ2n) is 6.62. The predicted molar refractivity (Wildman–Crippen MR) is 111 cm³/mol. The summed E-state index contributed by atoms with van der Waals surface area (Å²) in [6.45, 7) is 4.29.